The summed E-state index contributed by atoms with van der Waals surface area (Å²) in [6, 6.07) is 8.00. The van der Waals surface area contributed by atoms with E-state index in [4.69, 9.17) is 5.73 Å². The van der Waals surface area contributed by atoms with Crippen molar-refractivity contribution in [3.05, 3.63) is 35.4 Å². The monoisotopic (exact) mass is 204 g/mol. The number of carbonyl (C=O) groups is 1. The minimum absolute atomic E-state index is 0.295. The fraction of sp³-hybridized carbons (Fsp3) is 0.417. The second kappa shape index (κ2) is 4.03. The predicted molar refractivity (Wildman–Crippen MR) is 59.3 cm³/mol. The lowest BCUT2D eigenvalue weighted by atomic mass is 10.0. The Morgan fingerprint density at radius 3 is 2.67 bits per heavy atom. The topological polar surface area (TPSA) is 55.1 Å². The number of aryl methyl sites for hydroxylation is 1. The quantitative estimate of drug-likeness (QED) is 0.776. The van der Waals surface area contributed by atoms with Crippen LogP contribution in [0.25, 0.3) is 0 Å². The summed E-state index contributed by atoms with van der Waals surface area (Å²) < 4.78 is 0. The number of hydrogen-bond donors (Lipinski definition) is 2. The van der Waals surface area contributed by atoms with Crippen LogP contribution in [-0.2, 0) is 4.79 Å². The summed E-state index contributed by atoms with van der Waals surface area (Å²) in [6.45, 7) is 2.00. The van der Waals surface area contributed by atoms with Gasteiger partial charge in [0.25, 0.3) is 0 Å². The molecule has 0 saturated heterocycles. The molecule has 0 aliphatic heterocycles. The molecule has 1 saturated carbocycles. The maximum absolute atomic E-state index is 11.4. The van der Waals surface area contributed by atoms with E-state index in [1.54, 1.807) is 0 Å². The first kappa shape index (κ1) is 10.2. The molecule has 1 aliphatic rings. The van der Waals surface area contributed by atoms with Crippen LogP contribution < -0.4 is 11.1 Å². The molecule has 1 aromatic carbocycles. The maximum Gasteiger partial charge on any atom is 0.239 e. The number of nitrogens with one attached hydrogen (secondary N) is 1. The zero-order chi connectivity index (χ0) is 10.8. The van der Waals surface area contributed by atoms with Gasteiger partial charge in [-0.05, 0) is 30.9 Å². The van der Waals surface area contributed by atoms with Crippen molar-refractivity contribution >= 4 is 5.91 Å². The molecular formula is C12H16N2O. The van der Waals surface area contributed by atoms with Gasteiger partial charge in [-0.3, -0.25) is 10.1 Å². The molecular weight excluding hydrogens is 188 g/mol. The first-order valence-corrected chi connectivity index (χ1v) is 5.29. The van der Waals surface area contributed by atoms with Crippen LogP contribution in [0.2, 0.25) is 0 Å². The van der Waals surface area contributed by atoms with Gasteiger partial charge in [0.15, 0.2) is 0 Å². The highest BCUT2D eigenvalue weighted by atomic mass is 16.1. The summed E-state index contributed by atoms with van der Waals surface area (Å²) in [5, 5.41) is 3.27. The zero-order valence-corrected chi connectivity index (χ0v) is 8.86. The van der Waals surface area contributed by atoms with E-state index in [1.807, 2.05) is 31.2 Å². The van der Waals surface area contributed by atoms with Crippen LogP contribution in [0.5, 0.6) is 0 Å². The van der Waals surface area contributed by atoms with Crippen molar-refractivity contribution < 1.29 is 4.79 Å². The molecule has 0 radical (unpaired) electrons. The number of nitrogens with two attached hydrogens (primary N) is 1. The van der Waals surface area contributed by atoms with Crippen molar-refractivity contribution in [2.45, 2.75) is 31.8 Å². The van der Waals surface area contributed by atoms with Crippen molar-refractivity contribution in [3.63, 3.8) is 0 Å². The summed E-state index contributed by atoms with van der Waals surface area (Å²) in [7, 11) is 0. The van der Waals surface area contributed by atoms with Gasteiger partial charge >= 0.3 is 0 Å². The second-order valence-electron chi connectivity index (χ2n) is 4.13. The van der Waals surface area contributed by atoms with Gasteiger partial charge in [-0.15, -0.1) is 0 Å². The largest absolute Gasteiger partial charge is 0.368 e. The van der Waals surface area contributed by atoms with E-state index in [-0.39, 0.29) is 11.9 Å². The summed E-state index contributed by atoms with van der Waals surface area (Å²) >= 11 is 0. The lowest BCUT2D eigenvalue weighted by Gasteiger charge is -2.17. The van der Waals surface area contributed by atoms with E-state index in [0.717, 1.165) is 24.0 Å². The molecule has 1 amide bonds. The fourth-order valence-electron chi connectivity index (χ4n) is 1.72. The molecule has 1 aliphatic carbocycles. The molecule has 3 nitrogen and oxygen atoms in total. The maximum atomic E-state index is 11.4. The highest BCUT2D eigenvalue weighted by Crippen LogP contribution is 2.25. The molecule has 1 atom stereocenters. The Balaban J connectivity index is 2.22. The van der Waals surface area contributed by atoms with Gasteiger partial charge in [0.05, 0.1) is 0 Å². The smallest absolute Gasteiger partial charge is 0.239 e. The van der Waals surface area contributed by atoms with E-state index >= 15 is 0 Å². The number of carbonyl (C=O) groups excluding carboxylic acids is 1. The molecule has 1 unspecified atom stereocenters. The first-order valence-electron chi connectivity index (χ1n) is 5.29. The number of primary amides is 1. The van der Waals surface area contributed by atoms with Crippen LogP contribution in [-0.4, -0.2) is 11.9 Å². The van der Waals surface area contributed by atoms with E-state index in [0.29, 0.717) is 6.04 Å². The molecule has 0 bridgehead atoms. The molecule has 0 heterocycles. The standard InChI is InChI=1S/C12H16N2O/c1-8-4-2-3-5-10(8)11(12(13)15)14-9-6-7-9/h2-5,9,11,14H,6-7H2,1H3,(H2,13,15). The molecule has 3 N–H and O–H groups in total. The normalized spacial score (nSPS) is 17.4. The SMILES string of the molecule is Cc1ccccc1C(NC1CC1)C(N)=O. The Labute approximate surface area is 89.7 Å². The van der Waals surface area contributed by atoms with Gasteiger partial charge in [0, 0.05) is 6.04 Å². The molecule has 0 aromatic heterocycles. The lowest BCUT2D eigenvalue weighted by molar-refractivity contribution is -0.120. The number of benzene rings is 1. The predicted octanol–water partition coefficient (Wildman–Crippen LogP) is 1.27. The van der Waals surface area contributed by atoms with Crippen LogP contribution in [0.15, 0.2) is 24.3 Å². The van der Waals surface area contributed by atoms with E-state index in [1.165, 1.54) is 0 Å². The second-order valence-corrected chi connectivity index (χ2v) is 4.13. The summed E-state index contributed by atoms with van der Waals surface area (Å²) in [5.41, 5.74) is 7.52. The Hall–Kier alpha value is -1.35. The molecule has 3 heteroatoms. The number of rotatable bonds is 4. The van der Waals surface area contributed by atoms with Gasteiger partial charge < -0.3 is 5.73 Å². The fourth-order valence-corrected chi connectivity index (χ4v) is 1.72. The summed E-state index contributed by atoms with van der Waals surface area (Å²) in [5.74, 6) is -0.295. The third-order valence-electron chi connectivity index (χ3n) is 2.76. The highest BCUT2D eigenvalue weighted by Gasteiger charge is 2.28. The van der Waals surface area contributed by atoms with Crippen molar-refractivity contribution in [1.82, 2.24) is 5.32 Å². The Morgan fingerprint density at radius 2 is 2.13 bits per heavy atom. The van der Waals surface area contributed by atoms with Crippen molar-refractivity contribution in [2.24, 2.45) is 5.73 Å². The first-order chi connectivity index (χ1) is 7.18. The number of amides is 1. The van der Waals surface area contributed by atoms with Gasteiger partial charge in [0.1, 0.15) is 6.04 Å². The van der Waals surface area contributed by atoms with E-state index in [2.05, 4.69) is 5.32 Å². The summed E-state index contributed by atoms with van der Waals surface area (Å²) in [4.78, 5) is 11.4. The molecule has 15 heavy (non-hydrogen) atoms. The average Bonchev–Trinajstić information content (AvgIpc) is 2.99. The van der Waals surface area contributed by atoms with Crippen LogP contribution >= 0.6 is 0 Å². The summed E-state index contributed by atoms with van der Waals surface area (Å²) in [6.07, 6.45) is 2.30. The van der Waals surface area contributed by atoms with E-state index < -0.39 is 0 Å². The molecule has 80 valence electrons. The zero-order valence-electron chi connectivity index (χ0n) is 8.86. The van der Waals surface area contributed by atoms with Crippen molar-refractivity contribution in [1.29, 1.82) is 0 Å². The third kappa shape index (κ3) is 2.36. The molecule has 1 fully saturated rings. The van der Waals surface area contributed by atoms with Gasteiger partial charge in [-0.1, -0.05) is 24.3 Å². The van der Waals surface area contributed by atoms with Gasteiger partial charge in [-0.2, -0.15) is 0 Å². The Bertz CT molecular complexity index is 372. The van der Waals surface area contributed by atoms with Crippen LogP contribution in [0.3, 0.4) is 0 Å². The van der Waals surface area contributed by atoms with Gasteiger partial charge in [0.2, 0.25) is 5.91 Å². The van der Waals surface area contributed by atoms with Crippen LogP contribution in [0, 0.1) is 6.92 Å². The third-order valence-corrected chi connectivity index (χ3v) is 2.76. The molecule has 1 aromatic rings. The average molecular weight is 204 g/mol. The van der Waals surface area contributed by atoms with Gasteiger partial charge in [-0.25, -0.2) is 0 Å². The van der Waals surface area contributed by atoms with Crippen molar-refractivity contribution in [2.75, 3.05) is 0 Å². The number of hydrogen-bond acceptors (Lipinski definition) is 2. The lowest BCUT2D eigenvalue weighted by Crippen LogP contribution is -2.35. The highest BCUT2D eigenvalue weighted by molar-refractivity contribution is 5.82. The van der Waals surface area contributed by atoms with Crippen LogP contribution in [0.1, 0.15) is 30.0 Å². The molecule has 2 rings (SSSR count). The van der Waals surface area contributed by atoms with Crippen LogP contribution in [0.4, 0.5) is 0 Å². The molecule has 0 spiro atoms. The van der Waals surface area contributed by atoms with Crippen molar-refractivity contribution in [3.8, 4) is 0 Å². The van der Waals surface area contributed by atoms with E-state index in [9.17, 15) is 4.79 Å². The minimum Gasteiger partial charge on any atom is -0.368 e. The Kier molecular flexibility index (Phi) is 2.73. The minimum atomic E-state index is -0.335. The Morgan fingerprint density at radius 1 is 1.47 bits per heavy atom.